The van der Waals surface area contributed by atoms with E-state index in [0.29, 0.717) is 31.3 Å². The molecule has 1 N–H and O–H groups in total. The quantitative estimate of drug-likeness (QED) is 0.841. The maximum atomic E-state index is 12.3. The maximum absolute atomic E-state index is 12.3. The molecule has 0 spiro atoms. The minimum absolute atomic E-state index is 0.0272. The van der Waals surface area contributed by atoms with Gasteiger partial charge in [-0.15, -0.1) is 11.6 Å². The number of hydrogen-bond acceptors (Lipinski definition) is 4. The van der Waals surface area contributed by atoms with Gasteiger partial charge in [0.2, 0.25) is 11.8 Å². The summed E-state index contributed by atoms with van der Waals surface area (Å²) in [6.45, 7) is 5.02. The van der Waals surface area contributed by atoms with Crippen molar-refractivity contribution in [3.8, 4) is 11.5 Å². The second-order valence-corrected chi connectivity index (χ2v) is 6.99. The molecule has 130 valence electrons. The van der Waals surface area contributed by atoms with Gasteiger partial charge in [-0.3, -0.25) is 9.59 Å². The van der Waals surface area contributed by atoms with Crippen LogP contribution in [0.1, 0.15) is 20.3 Å². The number of rotatable bonds is 4. The first-order chi connectivity index (χ1) is 11.4. The number of carbonyl (C=O) groups excluding carboxylic acids is 2. The predicted octanol–water partition coefficient (Wildman–Crippen LogP) is 1.94. The molecule has 0 radical (unpaired) electrons. The van der Waals surface area contributed by atoms with Crippen LogP contribution in [0.25, 0.3) is 0 Å². The highest BCUT2D eigenvalue weighted by molar-refractivity contribution is 6.19. The summed E-state index contributed by atoms with van der Waals surface area (Å²) in [6, 6.07) is 5.22. The number of carbonyl (C=O) groups is 2. The molecule has 3 rings (SSSR count). The third-order valence-corrected chi connectivity index (χ3v) is 4.91. The molecule has 24 heavy (non-hydrogen) atoms. The Kier molecular flexibility index (Phi) is 4.58. The van der Waals surface area contributed by atoms with Gasteiger partial charge in [0.1, 0.15) is 13.2 Å². The van der Waals surface area contributed by atoms with E-state index >= 15 is 0 Å². The van der Waals surface area contributed by atoms with Crippen LogP contribution in [0.4, 0.5) is 5.69 Å². The van der Waals surface area contributed by atoms with E-state index in [4.69, 9.17) is 21.1 Å². The third kappa shape index (κ3) is 3.29. The SMILES string of the molecule is CC(C)(CCl)C(=O)N[C@@H]1CC(=O)N(c2ccc3c(c2)OCCO3)C1. The molecule has 0 unspecified atom stereocenters. The molecule has 0 bridgehead atoms. The lowest BCUT2D eigenvalue weighted by Crippen LogP contribution is -2.44. The van der Waals surface area contributed by atoms with Gasteiger partial charge in [-0.2, -0.15) is 0 Å². The Morgan fingerprint density at radius 1 is 1.33 bits per heavy atom. The summed E-state index contributed by atoms with van der Waals surface area (Å²) >= 11 is 5.83. The number of nitrogens with zero attached hydrogens (tertiary/aromatic N) is 1. The van der Waals surface area contributed by atoms with Crippen LogP contribution in [0.5, 0.6) is 11.5 Å². The van der Waals surface area contributed by atoms with Crippen molar-refractivity contribution in [3.05, 3.63) is 18.2 Å². The molecule has 0 aliphatic carbocycles. The van der Waals surface area contributed by atoms with Crippen molar-refractivity contribution in [1.29, 1.82) is 0 Å². The van der Waals surface area contributed by atoms with Crippen LogP contribution in [-0.2, 0) is 9.59 Å². The first-order valence-corrected chi connectivity index (χ1v) is 8.51. The standard InChI is InChI=1S/C17H21ClN2O4/c1-17(2,10-18)16(22)19-11-7-15(21)20(9-11)12-3-4-13-14(8-12)24-6-5-23-13/h3-4,8,11H,5-7,9-10H2,1-2H3,(H,19,22)/t11-/m1/s1. The van der Waals surface area contributed by atoms with Gasteiger partial charge in [0.05, 0.1) is 11.5 Å². The lowest BCUT2D eigenvalue weighted by atomic mass is 9.95. The zero-order valence-corrected chi connectivity index (χ0v) is 14.6. The van der Waals surface area contributed by atoms with Gasteiger partial charge in [0, 0.05) is 30.6 Å². The smallest absolute Gasteiger partial charge is 0.229 e. The number of benzene rings is 1. The fourth-order valence-corrected chi connectivity index (χ4v) is 2.82. The van der Waals surface area contributed by atoms with E-state index < -0.39 is 5.41 Å². The van der Waals surface area contributed by atoms with Crippen molar-refractivity contribution in [2.24, 2.45) is 5.41 Å². The molecule has 1 fully saturated rings. The maximum Gasteiger partial charge on any atom is 0.229 e. The highest BCUT2D eigenvalue weighted by atomic mass is 35.5. The molecule has 1 aromatic carbocycles. The Balaban J connectivity index is 1.70. The molecule has 0 aromatic heterocycles. The largest absolute Gasteiger partial charge is 0.486 e. The Bertz CT molecular complexity index is 662. The average molecular weight is 353 g/mol. The monoisotopic (exact) mass is 352 g/mol. The Hall–Kier alpha value is -1.95. The van der Waals surface area contributed by atoms with Crippen LogP contribution < -0.4 is 19.7 Å². The summed E-state index contributed by atoms with van der Waals surface area (Å²) in [5.41, 5.74) is 0.0901. The van der Waals surface area contributed by atoms with E-state index in [0.717, 1.165) is 5.69 Å². The van der Waals surface area contributed by atoms with Gasteiger partial charge in [-0.1, -0.05) is 0 Å². The van der Waals surface area contributed by atoms with E-state index in [1.54, 1.807) is 30.9 Å². The van der Waals surface area contributed by atoms with Gasteiger partial charge in [-0.25, -0.2) is 0 Å². The number of nitrogens with one attached hydrogen (secondary N) is 1. The number of anilines is 1. The fourth-order valence-electron chi connectivity index (χ4n) is 2.70. The molecular formula is C17H21ClN2O4. The minimum Gasteiger partial charge on any atom is -0.486 e. The van der Waals surface area contributed by atoms with Gasteiger partial charge in [0.25, 0.3) is 0 Å². The summed E-state index contributed by atoms with van der Waals surface area (Å²) in [5, 5.41) is 2.92. The topological polar surface area (TPSA) is 67.9 Å². The highest BCUT2D eigenvalue weighted by Gasteiger charge is 2.35. The van der Waals surface area contributed by atoms with Gasteiger partial charge < -0.3 is 19.7 Å². The summed E-state index contributed by atoms with van der Waals surface area (Å²) in [4.78, 5) is 26.2. The second kappa shape index (κ2) is 6.51. The van der Waals surface area contributed by atoms with Gasteiger partial charge in [0.15, 0.2) is 11.5 Å². The van der Waals surface area contributed by atoms with Crippen molar-refractivity contribution in [2.75, 3.05) is 30.5 Å². The van der Waals surface area contributed by atoms with Crippen molar-refractivity contribution in [1.82, 2.24) is 5.32 Å². The molecule has 1 aromatic rings. The molecule has 0 saturated carbocycles. The third-order valence-electron chi connectivity index (χ3n) is 4.25. The summed E-state index contributed by atoms with van der Waals surface area (Å²) in [5.74, 6) is 1.39. The van der Waals surface area contributed by atoms with E-state index in [1.165, 1.54) is 0 Å². The molecule has 2 amide bonds. The first kappa shape index (κ1) is 16.9. The van der Waals surface area contributed by atoms with Gasteiger partial charge in [-0.05, 0) is 26.0 Å². The van der Waals surface area contributed by atoms with Crippen LogP contribution in [0.3, 0.4) is 0 Å². The Morgan fingerprint density at radius 2 is 2.04 bits per heavy atom. The number of ether oxygens (including phenoxy) is 2. The van der Waals surface area contributed by atoms with Crippen LogP contribution in [0.2, 0.25) is 0 Å². The summed E-state index contributed by atoms with van der Waals surface area (Å²) in [6.07, 6.45) is 0.276. The Morgan fingerprint density at radius 3 is 2.75 bits per heavy atom. The van der Waals surface area contributed by atoms with E-state index in [9.17, 15) is 9.59 Å². The van der Waals surface area contributed by atoms with Crippen LogP contribution in [-0.4, -0.2) is 43.5 Å². The first-order valence-electron chi connectivity index (χ1n) is 7.97. The Labute approximate surface area is 146 Å². The van der Waals surface area contributed by atoms with E-state index in [1.807, 2.05) is 6.07 Å². The van der Waals surface area contributed by atoms with Crippen molar-refractivity contribution in [2.45, 2.75) is 26.3 Å². The lowest BCUT2D eigenvalue weighted by molar-refractivity contribution is -0.128. The second-order valence-electron chi connectivity index (χ2n) is 6.72. The molecule has 1 atom stereocenters. The fraction of sp³-hybridized carbons (Fsp3) is 0.529. The lowest BCUT2D eigenvalue weighted by Gasteiger charge is -2.24. The molecule has 6 nitrogen and oxygen atoms in total. The molecule has 7 heteroatoms. The number of hydrogen-bond donors (Lipinski definition) is 1. The van der Waals surface area contributed by atoms with E-state index in [-0.39, 0.29) is 30.2 Å². The van der Waals surface area contributed by atoms with E-state index in [2.05, 4.69) is 5.32 Å². The molecule has 2 aliphatic rings. The summed E-state index contributed by atoms with van der Waals surface area (Å²) < 4.78 is 11.1. The minimum atomic E-state index is -0.658. The number of halogens is 1. The van der Waals surface area contributed by atoms with Crippen LogP contribution >= 0.6 is 11.6 Å². The van der Waals surface area contributed by atoms with Crippen LogP contribution in [0.15, 0.2) is 18.2 Å². The zero-order valence-electron chi connectivity index (χ0n) is 13.8. The zero-order chi connectivity index (χ0) is 17.3. The predicted molar refractivity (Wildman–Crippen MR) is 90.8 cm³/mol. The molecule has 2 heterocycles. The van der Waals surface area contributed by atoms with Crippen molar-refractivity contribution in [3.63, 3.8) is 0 Å². The highest BCUT2D eigenvalue weighted by Crippen LogP contribution is 2.35. The summed E-state index contributed by atoms with van der Waals surface area (Å²) in [7, 11) is 0. The number of alkyl halides is 1. The van der Waals surface area contributed by atoms with Crippen molar-refractivity contribution < 1.29 is 19.1 Å². The number of fused-ring (bicyclic) bond motifs is 1. The normalized spacial score (nSPS) is 20.2. The number of amides is 2. The van der Waals surface area contributed by atoms with Crippen LogP contribution in [0, 0.1) is 5.41 Å². The molecule has 1 saturated heterocycles. The van der Waals surface area contributed by atoms with Gasteiger partial charge >= 0.3 is 0 Å². The van der Waals surface area contributed by atoms with Crippen molar-refractivity contribution >= 4 is 29.1 Å². The molecular weight excluding hydrogens is 332 g/mol. The molecule has 2 aliphatic heterocycles. The average Bonchev–Trinajstić information content (AvgIpc) is 2.94.